The molecule has 0 spiro atoms. The second-order valence-electron chi connectivity index (χ2n) is 9.24. The number of likely N-dealkylation sites (N-methyl/N-ethyl adjacent to an activating group) is 1. The molecule has 3 rings (SSSR count). The molecule has 2 aromatic rings. The molecule has 1 aliphatic rings. The fraction of sp³-hybridized carbons (Fsp3) is 0.545. The highest BCUT2D eigenvalue weighted by Gasteiger charge is 2.32. The van der Waals surface area contributed by atoms with Gasteiger partial charge in [-0.3, -0.25) is 9.52 Å². The van der Waals surface area contributed by atoms with Gasteiger partial charge in [-0.15, -0.1) is 0 Å². The first-order chi connectivity index (χ1) is 16.7. The first-order valence-corrected chi connectivity index (χ1v) is 14.7. The molecule has 1 aromatic heterocycles. The largest absolute Gasteiger partial charge is 0.488 e. The third-order valence-electron chi connectivity index (χ3n) is 6.13. The molecule has 200 valence electrons. The van der Waals surface area contributed by atoms with Crippen LogP contribution in [0.5, 0.6) is 5.75 Å². The Morgan fingerprint density at radius 3 is 2.58 bits per heavy atom. The zero-order valence-electron chi connectivity index (χ0n) is 20.9. The van der Waals surface area contributed by atoms with E-state index in [1.165, 1.54) is 40.6 Å². The Morgan fingerprint density at radius 1 is 1.31 bits per heavy atom. The zero-order chi connectivity index (χ0) is 26.8. The number of fused-ring (bicyclic) bond motifs is 1. The predicted molar refractivity (Wildman–Crippen MR) is 133 cm³/mol. The Bertz CT molecular complexity index is 1310. The fourth-order valence-electron chi connectivity index (χ4n) is 3.83. The molecule has 0 radical (unpaired) electrons. The van der Waals surface area contributed by atoms with Crippen molar-refractivity contribution in [2.75, 3.05) is 37.7 Å². The van der Waals surface area contributed by atoms with Gasteiger partial charge in [0.2, 0.25) is 15.9 Å². The van der Waals surface area contributed by atoms with E-state index in [1.807, 2.05) is 6.92 Å². The zero-order valence-corrected chi connectivity index (χ0v) is 22.6. The van der Waals surface area contributed by atoms with E-state index >= 15 is 0 Å². The number of aryl methyl sites for hydroxylation is 1. The minimum absolute atomic E-state index is 0.0447. The minimum atomic E-state index is -3.96. The highest BCUT2D eigenvalue weighted by atomic mass is 32.2. The molecule has 0 bridgehead atoms. The van der Waals surface area contributed by atoms with Crippen molar-refractivity contribution in [1.82, 2.24) is 18.8 Å². The van der Waals surface area contributed by atoms with E-state index in [0.717, 1.165) is 6.26 Å². The molecule has 0 fully saturated rings. The number of amides is 1. The standard InChI is InChI=1S/C22H33N5O7S2/c1-15-10-27(16(2)13-28)22(29)9-17-8-18(24-36(32,33)21-12-25(3)14-23-21)6-7-19(17)34-20(15)11-26(4)35(5,30)31/h6-8,12,14-16,20,24,28H,9-11,13H2,1-5H3/t15-,16-,20+/m0/s1. The maximum atomic E-state index is 13.2. The summed E-state index contributed by atoms with van der Waals surface area (Å²) in [4.78, 5) is 18.7. The normalized spacial score (nSPS) is 20.2. The second-order valence-corrected chi connectivity index (χ2v) is 13.0. The Balaban J connectivity index is 2.00. The fourth-order valence-corrected chi connectivity index (χ4v) is 5.29. The van der Waals surface area contributed by atoms with E-state index in [-0.39, 0.29) is 48.7 Å². The Labute approximate surface area is 212 Å². The molecule has 0 aliphatic carbocycles. The highest BCUT2D eigenvalue weighted by molar-refractivity contribution is 7.92. The number of carbonyl (C=O) groups is 1. The molecule has 1 aliphatic heterocycles. The van der Waals surface area contributed by atoms with Gasteiger partial charge >= 0.3 is 0 Å². The number of nitrogens with one attached hydrogen (secondary N) is 1. The van der Waals surface area contributed by atoms with Gasteiger partial charge in [-0.05, 0) is 25.1 Å². The molecular weight excluding hydrogens is 510 g/mol. The molecule has 0 unspecified atom stereocenters. The Morgan fingerprint density at radius 2 is 2.00 bits per heavy atom. The summed E-state index contributed by atoms with van der Waals surface area (Å²) in [6.07, 6.45) is 3.13. The van der Waals surface area contributed by atoms with Crippen LogP contribution in [0.4, 0.5) is 5.69 Å². The smallest absolute Gasteiger partial charge is 0.280 e. The number of aromatic nitrogens is 2. The van der Waals surface area contributed by atoms with Crippen LogP contribution in [0.1, 0.15) is 19.4 Å². The molecule has 36 heavy (non-hydrogen) atoms. The number of benzene rings is 1. The average Bonchev–Trinajstić information content (AvgIpc) is 3.24. The number of carbonyl (C=O) groups excluding carboxylic acids is 1. The van der Waals surface area contributed by atoms with Gasteiger partial charge in [0.15, 0.2) is 5.03 Å². The number of aliphatic hydroxyl groups excluding tert-OH is 1. The molecule has 2 N–H and O–H groups in total. The van der Waals surface area contributed by atoms with Crippen molar-refractivity contribution in [2.24, 2.45) is 13.0 Å². The summed E-state index contributed by atoms with van der Waals surface area (Å²) in [7, 11) is -4.34. The third kappa shape index (κ3) is 6.55. The summed E-state index contributed by atoms with van der Waals surface area (Å²) < 4.78 is 61.0. The maximum absolute atomic E-state index is 13.2. The monoisotopic (exact) mass is 543 g/mol. The summed E-state index contributed by atoms with van der Waals surface area (Å²) in [6, 6.07) is 4.12. The van der Waals surface area contributed by atoms with Gasteiger partial charge in [-0.25, -0.2) is 17.7 Å². The third-order valence-corrected chi connectivity index (χ3v) is 8.68. The number of rotatable bonds is 8. The molecular formula is C22H33N5O7S2. The molecule has 1 amide bonds. The number of ether oxygens (including phenoxy) is 1. The van der Waals surface area contributed by atoms with Gasteiger partial charge in [0.25, 0.3) is 10.0 Å². The van der Waals surface area contributed by atoms with E-state index < -0.39 is 32.2 Å². The van der Waals surface area contributed by atoms with Crippen molar-refractivity contribution in [3.05, 3.63) is 36.3 Å². The number of aliphatic hydroxyl groups is 1. The summed E-state index contributed by atoms with van der Waals surface area (Å²) in [5.41, 5.74) is 0.645. The van der Waals surface area contributed by atoms with Gasteiger partial charge in [-0.1, -0.05) is 6.92 Å². The van der Waals surface area contributed by atoms with Crippen molar-refractivity contribution >= 4 is 31.6 Å². The number of hydrogen-bond donors (Lipinski definition) is 2. The van der Waals surface area contributed by atoms with Crippen LogP contribution in [-0.4, -0.2) is 91.8 Å². The number of sulfonamides is 2. The lowest BCUT2D eigenvalue weighted by Crippen LogP contribution is -2.48. The maximum Gasteiger partial charge on any atom is 0.280 e. The van der Waals surface area contributed by atoms with Crippen LogP contribution in [0, 0.1) is 5.92 Å². The summed E-state index contributed by atoms with van der Waals surface area (Å²) in [5, 5.41) is 9.57. The van der Waals surface area contributed by atoms with Gasteiger partial charge < -0.3 is 19.3 Å². The number of hydrogen-bond acceptors (Lipinski definition) is 8. The predicted octanol–water partition coefficient (Wildman–Crippen LogP) is 0.261. The van der Waals surface area contributed by atoms with Gasteiger partial charge in [0.1, 0.15) is 11.9 Å². The van der Waals surface area contributed by atoms with Crippen LogP contribution in [0.15, 0.2) is 35.7 Å². The molecule has 14 heteroatoms. The summed E-state index contributed by atoms with van der Waals surface area (Å²) in [6.45, 7) is 3.62. The van der Waals surface area contributed by atoms with Crippen molar-refractivity contribution in [3.63, 3.8) is 0 Å². The van der Waals surface area contributed by atoms with E-state index in [9.17, 15) is 26.7 Å². The lowest BCUT2D eigenvalue weighted by molar-refractivity contribution is -0.134. The van der Waals surface area contributed by atoms with Crippen LogP contribution in [0.2, 0.25) is 0 Å². The first-order valence-electron chi connectivity index (χ1n) is 11.3. The number of anilines is 1. The van der Waals surface area contributed by atoms with Gasteiger partial charge in [-0.2, -0.15) is 8.42 Å². The second kappa shape index (κ2) is 10.7. The van der Waals surface area contributed by atoms with Crippen LogP contribution in [0.3, 0.4) is 0 Å². The molecule has 1 aromatic carbocycles. The quantitative estimate of drug-likeness (QED) is 0.481. The van der Waals surface area contributed by atoms with Crippen LogP contribution < -0.4 is 9.46 Å². The van der Waals surface area contributed by atoms with Crippen LogP contribution >= 0.6 is 0 Å². The van der Waals surface area contributed by atoms with E-state index in [0.29, 0.717) is 11.3 Å². The SMILES string of the molecule is C[C@H]1CN([C@@H](C)CO)C(=O)Cc2cc(NS(=O)(=O)c3cn(C)cn3)ccc2O[C@@H]1CN(C)S(C)(=O)=O. The van der Waals surface area contributed by atoms with Crippen molar-refractivity contribution in [1.29, 1.82) is 0 Å². The van der Waals surface area contributed by atoms with Crippen molar-refractivity contribution in [2.45, 2.75) is 37.4 Å². The van der Waals surface area contributed by atoms with Crippen LogP contribution in [-0.2, 0) is 38.3 Å². The summed E-state index contributed by atoms with van der Waals surface area (Å²) in [5.74, 6) is -0.197. The van der Waals surface area contributed by atoms with Crippen LogP contribution in [0.25, 0.3) is 0 Å². The molecule has 3 atom stereocenters. The number of imidazole rings is 1. The Kier molecular flexibility index (Phi) is 8.33. The topological polar surface area (TPSA) is 151 Å². The van der Waals surface area contributed by atoms with Gasteiger partial charge in [0, 0.05) is 44.0 Å². The Hall–Kier alpha value is -2.68. The van der Waals surface area contributed by atoms with E-state index in [4.69, 9.17) is 4.74 Å². The first kappa shape index (κ1) is 27.9. The molecule has 0 saturated carbocycles. The minimum Gasteiger partial charge on any atom is -0.488 e. The van der Waals surface area contributed by atoms with Crippen molar-refractivity contribution in [3.8, 4) is 5.75 Å². The van der Waals surface area contributed by atoms with Crippen molar-refractivity contribution < 1.29 is 31.5 Å². The van der Waals surface area contributed by atoms with E-state index in [1.54, 1.807) is 24.9 Å². The molecule has 12 nitrogen and oxygen atoms in total. The molecule has 0 saturated heterocycles. The lowest BCUT2D eigenvalue weighted by atomic mass is 10.0. The highest BCUT2D eigenvalue weighted by Crippen LogP contribution is 2.30. The summed E-state index contributed by atoms with van der Waals surface area (Å²) >= 11 is 0. The number of nitrogens with zero attached hydrogens (tertiary/aromatic N) is 4. The average molecular weight is 544 g/mol. The molecule has 2 heterocycles. The van der Waals surface area contributed by atoms with Gasteiger partial charge in [0.05, 0.1) is 38.2 Å². The lowest BCUT2D eigenvalue weighted by Gasteiger charge is -2.33. The van der Waals surface area contributed by atoms with E-state index in [2.05, 4.69) is 9.71 Å².